The summed E-state index contributed by atoms with van der Waals surface area (Å²) in [5, 5.41) is 3.49. The van der Waals surface area contributed by atoms with Gasteiger partial charge in [0.15, 0.2) is 0 Å². The summed E-state index contributed by atoms with van der Waals surface area (Å²) in [4.78, 5) is 30.1. The van der Waals surface area contributed by atoms with Crippen molar-refractivity contribution in [2.24, 2.45) is 13.0 Å². The number of hydrogen-bond acceptors (Lipinski definition) is 3. The van der Waals surface area contributed by atoms with Gasteiger partial charge in [-0.3, -0.25) is 14.9 Å². The van der Waals surface area contributed by atoms with Crippen molar-refractivity contribution in [2.45, 2.75) is 19.8 Å². The number of aryl methyl sites for hydroxylation is 1. The first-order valence-corrected chi connectivity index (χ1v) is 8.02. The minimum absolute atomic E-state index is 0.0138. The van der Waals surface area contributed by atoms with Crippen LogP contribution in [0.25, 0.3) is 11.0 Å². The SMILES string of the molecule is CC(=O)N1CCCC(C(=O)Nc2nc3cc(Cl)ccc3n2C)C1. The van der Waals surface area contributed by atoms with E-state index in [1.165, 1.54) is 6.92 Å². The Morgan fingerprint density at radius 1 is 1.39 bits per heavy atom. The van der Waals surface area contributed by atoms with Crippen LogP contribution in [-0.4, -0.2) is 39.4 Å². The average molecular weight is 335 g/mol. The van der Waals surface area contributed by atoms with Gasteiger partial charge in [-0.25, -0.2) is 4.98 Å². The highest BCUT2D eigenvalue weighted by Crippen LogP contribution is 2.23. The largest absolute Gasteiger partial charge is 0.342 e. The van der Waals surface area contributed by atoms with Crippen molar-refractivity contribution in [3.8, 4) is 0 Å². The number of benzene rings is 1. The Balaban J connectivity index is 1.77. The number of fused-ring (bicyclic) bond motifs is 1. The van der Waals surface area contributed by atoms with E-state index < -0.39 is 0 Å². The molecular formula is C16H19ClN4O2. The molecule has 1 aliphatic rings. The predicted octanol–water partition coefficient (Wildman–Crippen LogP) is 2.42. The quantitative estimate of drug-likeness (QED) is 0.917. The molecule has 1 aromatic carbocycles. The van der Waals surface area contributed by atoms with Crippen LogP contribution in [-0.2, 0) is 16.6 Å². The van der Waals surface area contributed by atoms with Crippen molar-refractivity contribution in [3.05, 3.63) is 23.2 Å². The number of anilines is 1. The summed E-state index contributed by atoms with van der Waals surface area (Å²) in [5.74, 6) is 0.212. The maximum Gasteiger partial charge on any atom is 0.231 e. The summed E-state index contributed by atoms with van der Waals surface area (Å²) < 4.78 is 1.83. The smallest absolute Gasteiger partial charge is 0.231 e. The molecule has 1 saturated heterocycles. The van der Waals surface area contributed by atoms with Crippen LogP contribution in [0.1, 0.15) is 19.8 Å². The van der Waals surface area contributed by atoms with Crippen LogP contribution >= 0.6 is 11.6 Å². The summed E-state index contributed by atoms with van der Waals surface area (Å²) in [7, 11) is 1.85. The number of carbonyl (C=O) groups excluding carboxylic acids is 2. The van der Waals surface area contributed by atoms with Gasteiger partial charge < -0.3 is 9.47 Å². The highest BCUT2D eigenvalue weighted by molar-refractivity contribution is 6.31. The minimum Gasteiger partial charge on any atom is -0.342 e. The molecule has 0 saturated carbocycles. The van der Waals surface area contributed by atoms with Gasteiger partial charge in [0.25, 0.3) is 0 Å². The molecule has 6 nitrogen and oxygen atoms in total. The molecule has 122 valence electrons. The summed E-state index contributed by atoms with van der Waals surface area (Å²) in [6, 6.07) is 5.44. The van der Waals surface area contributed by atoms with Crippen LogP contribution in [0.15, 0.2) is 18.2 Å². The minimum atomic E-state index is -0.198. The maximum atomic E-state index is 12.5. The third-order valence-electron chi connectivity index (χ3n) is 4.32. The molecule has 1 N–H and O–H groups in total. The van der Waals surface area contributed by atoms with Crippen LogP contribution in [0.2, 0.25) is 5.02 Å². The van der Waals surface area contributed by atoms with E-state index in [1.54, 1.807) is 17.0 Å². The zero-order valence-electron chi connectivity index (χ0n) is 13.2. The van der Waals surface area contributed by atoms with E-state index in [0.717, 1.165) is 30.4 Å². The first kappa shape index (κ1) is 15.8. The Bertz CT molecular complexity index is 771. The standard InChI is InChI=1S/C16H19ClN4O2/c1-10(22)21-7-3-4-11(9-21)15(23)19-16-18-13-8-12(17)5-6-14(13)20(16)2/h5-6,8,11H,3-4,7,9H2,1-2H3,(H,18,19,23). The summed E-state index contributed by atoms with van der Waals surface area (Å²) in [6.07, 6.45) is 1.63. The molecule has 0 radical (unpaired) electrons. The molecule has 2 heterocycles. The number of aromatic nitrogens is 2. The molecule has 23 heavy (non-hydrogen) atoms. The molecule has 1 unspecified atom stereocenters. The molecular weight excluding hydrogens is 316 g/mol. The Labute approximate surface area is 139 Å². The molecule has 1 aliphatic heterocycles. The topological polar surface area (TPSA) is 67.2 Å². The molecule has 0 spiro atoms. The van der Waals surface area contributed by atoms with Gasteiger partial charge in [0.05, 0.1) is 17.0 Å². The zero-order valence-corrected chi connectivity index (χ0v) is 13.9. The van der Waals surface area contributed by atoms with E-state index in [-0.39, 0.29) is 17.7 Å². The number of halogens is 1. The van der Waals surface area contributed by atoms with Crippen molar-refractivity contribution in [1.29, 1.82) is 0 Å². The molecule has 3 rings (SSSR count). The number of piperidine rings is 1. The number of nitrogens with zero attached hydrogens (tertiary/aromatic N) is 3. The normalized spacial score (nSPS) is 18.2. The van der Waals surface area contributed by atoms with Gasteiger partial charge in [0.2, 0.25) is 17.8 Å². The predicted molar refractivity (Wildman–Crippen MR) is 89.3 cm³/mol. The maximum absolute atomic E-state index is 12.5. The number of amides is 2. The Morgan fingerprint density at radius 3 is 2.91 bits per heavy atom. The molecule has 1 atom stereocenters. The summed E-state index contributed by atoms with van der Waals surface area (Å²) in [6.45, 7) is 2.73. The van der Waals surface area contributed by atoms with E-state index in [4.69, 9.17) is 11.6 Å². The van der Waals surface area contributed by atoms with Crippen LogP contribution in [0, 0.1) is 5.92 Å². The second-order valence-corrected chi connectivity index (χ2v) is 6.36. The van der Waals surface area contributed by atoms with E-state index >= 15 is 0 Å². The van der Waals surface area contributed by atoms with Crippen molar-refractivity contribution in [3.63, 3.8) is 0 Å². The Kier molecular flexibility index (Phi) is 4.26. The van der Waals surface area contributed by atoms with Crippen LogP contribution < -0.4 is 5.32 Å². The van der Waals surface area contributed by atoms with Gasteiger partial charge in [-0.2, -0.15) is 0 Å². The second-order valence-electron chi connectivity index (χ2n) is 5.92. The highest BCUT2D eigenvalue weighted by Gasteiger charge is 2.27. The van der Waals surface area contributed by atoms with Crippen molar-refractivity contribution >= 4 is 40.4 Å². The van der Waals surface area contributed by atoms with E-state index in [2.05, 4.69) is 10.3 Å². The second kappa shape index (κ2) is 6.20. The number of imidazole rings is 1. The fourth-order valence-corrected chi connectivity index (χ4v) is 3.14. The van der Waals surface area contributed by atoms with Gasteiger partial charge in [0, 0.05) is 32.1 Å². The van der Waals surface area contributed by atoms with E-state index in [1.807, 2.05) is 17.7 Å². The van der Waals surface area contributed by atoms with Gasteiger partial charge >= 0.3 is 0 Å². The lowest BCUT2D eigenvalue weighted by molar-refractivity contribution is -0.132. The number of hydrogen-bond donors (Lipinski definition) is 1. The molecule has 1 fully saturated rings. The van der Waals surface area contributed by atoms with Gasteiger partial charge in [0.1, 0.15) is 0 Å². The number of rotatable bonds is 2. The number of nitrogens with one attached hydrogen (secondary N) is 1. The third kappa shape index (κ3) is 3.17. The monoisotopic (exact) mass is 334 g/mol. The average Bonchev–Trinajstić information content (AvgIpc) is 2.82. The molecule has 0 aliphatic carbocycles. The lowest BCUT2D eigenvalue weighted by atomic mass is 9.97. The molecule has 1 aromatic heterocycles. The van der Waals surface area contributed by atoms with E-state index in [9.17, 15) is 9.59 Å². The number of likely N-dealkylation sites (tertiary alicyclic amines) is 1. The molecule has 2 amide bonds. The Hall–Kier alpha value is -2.08. The van der Waals surface area contributed by atoms with Crippen LogP contribution in [0.3, 0.4) is 0 Å². The van der Waals surface area contributed by atoms with Crippen LogP contribution in [0.5, 0.6) is 0 Å². The van der Waals surface area contributed by atoms with Crippen molar-refractivity contribution in [2.75, 3.05) is 18.4 Å². The molecule has 0 bridgehead atoms. The third-order valence-corrected chi connectivity index (χ3v) is 4.55. The zero-order chi connectivity index (χ0) is 16.6. The lowest BCUT2D eigenvalue weighted by Crippen LogP contribution is -2.43. The Morgan fingerprint density at radius 2 is 2.17 bits per heavy atom. The highest BCUT2D eigenvalue weighted by atomic mass is 35.5. The first-order chi connectivity index (χ1) is 11.0. The first-order valence-electron chi connectivity index (χ1n) is 7.64. The van der Waals surface area contributed by atoms with Gasteiger partial charge in [-0.15, -0.1) is 0 Å². The summed E-state index contributed by atoms with van der Waals surface area (Å²) >= 11 is 5.98. The molecule has 7 heteroatoms. The fraction of sp³-hybridized carbons (Fsp3) is 0.438. The van der Waals surface area contributed by atoms with Gasteiger partial charge in [-0.1, -0.05) is 11.6 Å². The number of carbonyl (C=O) groups is 2. The van der Waals surface area contributed by atoms with Crippen molar-refractivity contribution < 1.29 is 9.59 Å². The van der Waals surface area contributed by atoms with E-state index in [0.29, 0.717) is 17.5 Å². The lowest BCUT2D eigenvalue weighted by Gasteiger charge is -2.31. The van der Waals surface area contributed by atoms with Crippen molar-refractivity contribution in [1.82, 2.24) is 14.5 Å². The van der Waals surface area contributed by atoms with Crippen LogP contribution in [0.4, 0.5) is 5.95 Å². The molecule has 2 aromatic rings. The van der Waals surface area contributed by atoms with Gasteiger partial charge in [-0.05, 0) is 31.0 Å². The fourth-order valence-electron chi connectivity index (χ4n) is 2.97. The summed E-state index contributed by atoms with van der Waals surface area (Å²) in [5.41, 5.74) is 1.64.